The molecular formula is C18H18BrN3O4. The van der Waals surface area contributed by atoms with Crippen molar-refractivity contribution < 1.29 is 19.1 Å². The minimum atomic E-state index is -0.396. The van der Waals surface area contributed by atoms with Crippen LogP contribution >= 0.6 is 15.9 Å². The van der Waals surface area contributed by atoms with Crippen LogP contribution in [0.2, 0.25) is 0 Å². The van der Waals surface area contributed by atoms with Gasteiger partial charge in [-0.3, -0.25) is 14.4 Å². The number of benzene rings is 2. The quantitative estimate of drug-likeness (QED) is 0.670. The second-order valence-electron chi connectivity index (χ2n) is 5.34. The summed E-state index contributed by atoms with van der Waals surface area (Å²) in [7, 11) is 1.48. The van der Waals surface area contributed by atoms with Crippen LogP contribution in [-0.4, -0.2) is 31.4 Å². The molecule has 2 aromatic rings. The number of nitrogens with one attached hydrogen (secondary N) is 3. The third kappa shape index (κ3) is 5.59. The fourth-order valence-corrected chi connectivity index (χ4v) is 2.57. The Morgan fingerprint density at radius 3 is 2.50 bits per heavy atom. The van der Waals surface area contributed by atoms with E-state index >= 15 is 0 Å². The fourth-order valence-electron chi connectivity index (χ4n) is 2.17. The fraction of sp³-hybridized carbons (Fsp3) is 0.167. The molecule has 3 amide bonds. The van der Waals surface area contributed by atoms with E-state index in [4.69, 9.17) is 4.74 Å². The van der Waals surface area contributed by atoms with E-state index in [1.807, 2.05) is 0 Å². The molecule has 0 unspecified atom stereocenters. The molecule has 0 atom stereocenters. The maximum absolute atomic E-state index is 12.0. The lowest BCUT2D eigenvalue weighted by Gasteiger charge is -2.12. The predicted octanol–water partition coefficient (Wildman–Crippen LogP) is 2.78. The average Bonchev–Trinajstić information content (AvgIpc) is 2.59. The largest absolute Gasteiger partial charge is 0.495 e. The van der Waals surface area contributed by atoms with Crippen LogP contribution in [-0.2, 0) is 9.59 Å². The smallest absolute Gasteiger partial charge is 0.251 e. The lowest BCUT2D eigenvalue weighted by atomic mass is 10.2. The number of carbonyl (C=O) groups is 3. The maximum Gasteiger partial charge on any atom is 0.251 e. The Morgan fingerprint density at radius 2 is 1.85 bits per heavy atom. The second kappa shape index (κ2) is 9.00. The van der Waals surface area contributed by atoms with E-state index in [0.717, 1.165) is 4.47 Å². The first-order chi connectivity index (χ1) is 12.4. The molecule has 0 aromatic heterocycles. The van der Waals surface area contributed by atoms with Crippen molar-refractivity contribution in [2.45, 2.75) is 6.92 Å². The highest BCUT2D eigenvalue weighted by molar-refractivity contribution is 9.10. The maximum atomic E-state index is 12.0. The molecule has 0 bridgehead atoms. The number of methoxy groups -OCH3 is 1. The van der Waals surface area contributed by atoms with Crippen molar-refractivity contribution in [3.63, 3.8) is 0 Å². The zero-order chi connectivity index (χ0) is 19.1. The topological polar surface area (TPSA) is 96.5 Å². The van der Waals surface area contributed by atoms with Gasteiger partial charge in [-0.15, -0.1) is 0 Å². The van der Waals surface area contributed by atoms with E-state index in [-0.39, 0.29) is 18.4 Å². The summed E-state index contributed by atoms with van der Waals surface area (Å²) in [6, 6.07) is 11.7. The van der Waals surface area contributed by atoms with Gasteiger partial charge in [0, 0.05) is 22.6 Å². The molecule has 26 heavy (non-hydrogen) atoms. The van der Waals surface area contributed by atoms with Gasteiger partial charge < -0.3 is 20.7 Å². The van der Waals surface area contributed by atoms with Gasteiger partial charge in [-0.1, -0.05) is 22.0 Å². The van der Waals surface area contributed by atoms with Crippen LogP contribution in [0.5, 0.6) is 5.75 Å². The molecule has 2 aromatic carbocycles. The van der Waals surface area contributed by atoms with Gasteiger partial charge in [0.05, 0.1) is 19.3 Å². The highest BCUT2D eigenvalue weighted by Gasteiger charge is 2.11. The van der Waals surface area contributed by atoms with Crippen LogP contribution in [0.4, 0.5) is 11.4 Å². The Morgan fingerprint density at radius 1 is 1.08 bits per heavy atom. The average molecular weight is 420 g/mol. The monoisotopic (exact) mass is 419 g/mol. The van der Waals surface area contributed by atoms with E-state index in [9.17, 15) is 14.4 Å². The van der Waals surface area contributed by atoms with Gasteiger partial charge in [-0.25, -0.2) is 0 Å². The summed E-state index contributed by atoms with van der Waals surface area (Å²) in [6.07, 6.45) is 0. The van der Waals surface area contributed by atoms with Crippen molar-refractivity contribution in [2.75, 3.05) is 24.3 Å². The first kappa shape index (κ1) is 19.5. The van der Waals surface area contributed by atoms with Crippen molar-refractivity contribution in [3.05, 3.63) is 52.5 Å². The number of hydrogen-bond donors (Lipinski definition) is 3. The third-order valence-corrected chi connectivity index (χ3v) is 3.78. The van der Waals surface area contributed by atoms with Crippen LogP contribution in [0.1, 0.15) is 17.3 Å². The number of carbonyl (C=O) groups excluding carboxylic acids is 3. The summed E-state index contributed by atoms with van der Waals surface area (Å²) < 4.78 is 5.93. The molecule has 0 saturated carbocycles. The molecule has 0 fully saturated rings. The van der Waals surface area contributed by atoms with E-state index in [0.29, 0.717) is 22.7 Å². The minimum absolute atomic E-state index is 0.188. The minimum Gasteiger partial charge on any atom is -0.495 e. The van der Waals surface area contributed by atoms with Crippen LogP contribution in [0.25, 0.3) is 0 Å². The lowest BCUT2D eigenvalue weighted by molar-refractivity contribution is -0.115. The van der Waals surface area contributed by atoms with Gasteiger partial charge in [-0.2, -0.15) is 0 Å². The molecule has 0 aliphatic carbocycles. The molecule has 0 heterocycles. The van der Waals surface area contributed by atoms with Gasteiger partial charge in [-0.05, 0) is 36.4 Å². The van der Waals surface area contributed by atoms with Crippen LogP contribution in [0.15, 0.2) is 46.9 Å². The zero-order valence-electron chi connectivity index (χ0n) is 14.3. The van der Waals surface area contributed by atoms with E-state index in [2.05, 4.69) is 31.9 Å². The lowest BCUT2D eigenvalue weighted by Crippen LogP contribution is -2.32. The molecular weight excluding hydrogens is 402 g/mol. The Bertz CT molecular complexity index is 839. The standard InChI is InChI=1S/C18H18BrN3O4/c1-11(23)21-15-9-14(6-7-16(15)26-2)22-17(24)10-20-18(25)12-4-3-5-13(19)8-12/h3-9H,10H2,1-2H3,(H,20,25)(H,21,23)(H,22,24). The highest BCUT2D eigenvalue weighted by atomic mass is 79.9. The number of anilines is 2. The second-order valence-corrected chi connectivity index (χ2v) is 6.25. The van der Waals surface area contributed by atoms with Gasteiger partial charge >= 0.3 is 0 Å². The van der Waals surface area contributed by atoms with E-state index in [1.165, 1.54) is 14.0 Å². The molecule has 0 spiro atoms. The van der Waals surface area contributed by atoms with Gasteiger partial charge in [0.25, 0.3) is 5.91 Å². The van der Waals surface area contributed by atoms with E-state index in [1.54, 1.807) is 42.5 Å². The number of amides is 3. The Labute approximate surface area is 159 Å². The van der Waals surface area contributed by atoms with Gasteiger partial charge in [0.2, 0.25) is 11.8 Å². The SMILES string of the molecule is COc1ccc(NC(=O)CNC(=O)c2cccc(Br)c2)cc1NC(C)=O. The first-order valence-electron chi connectivity index (χ1n) is 7.68. The Hall–Kier alpha value is -2.87. The molecule has 136 valence electrons. The molecule has 0 aliphatic rings. The number of hydrogen-bond acceptors (Lipinski definition) is 4. The number of rotatable bonds is 6. The predicted molar refractivity (Wildman–Crippen MR) is 102 cm³/mol. The molecule has 0 radical (unpaired) electrons. The summed E-state index contributed by atoms with van der Waals surface area (Å²) in [6.45, 7) is 1.19. The van der Waals surface area contributed by atoms with Gasteiger partial charge in [0.15, 0.2) is 0 Å². The summed E-state index contributed by atoms with van der Waals surface area (Å²) in [5.41, 5.74) is 1.36. The first-order valence-corrected chi connectivity index (χ1v) is 8.47. The number of halogens is 1. The van der Waals surface area contributed by atoms with Crippen molar-refractivity contribution in [1.29, 1.82) is 0 Å². The molecule has 3 N–H and O–H groups in total. The van der Waals surface area contributed by atoms with Crippen molar-refractivity contribution in [2.24, 2.45) is 0 Å². The summed E-state index contributed by atoms with van der Waals surface area (Å²) in [5, 5.41) is 7.83. The third-order valence-electron chi connectivity index (χ3n) is 3.29. The molecule has 2 rings (SSSR count). The Balaban J connectivity index is 1.97. The highest BCUT2D eigenvalue weighted by Crippen LogP contribution is 2.27. The van der Waals surface area contributed by atoms with E-state index < -0.39 is 5.91 Å². The summed E-state index contributed by atoms with van der Waals surface area (Å²) in [5.74, 6) is -0.531. The number of ether oxygens (including phenoxy) is 1. The van der Waals surface area contributed by atoms with Crippen molar-refractivity contribution in [3.8, 4) is 5.75 Å². The normalized spacial score (nSPS) is 9.96. The molecule has 0 aliphatic heterocycles. The zero-order valence-corrected chi connectivity index (χ0v) is 15.8. The molecule has 0 saturated heterocycles. The van der Waals surface area contributed by atoms with Crippen molar-refractivity contribution in [1.82, 2.24) is 5.32 Å². The van der Waals surface area contributed by atoms with Crippen LogP contribution in [0.3, 0.4) is 0 Å². The summed E-state index contributed by atoms with van der Waals surface area (Å²) in [4.78, 5) is 35.3. The van der Waals surface area contributed by atoms with Crippen LogP contribution < -0.4 is 20.7 Å². The molecule has 7 nitrogen and oxygen atoms in total. The van der Waals surface area contributed by atoms with Crippen molar-refractivity contribution >= 4 is 45.0 Å². The van der Waals surface area contributed by atoms with Crippen LogP contribution in [0, 0.1) is 0 Å². The summed E-state index contributed by atoms with van der Waals surface area (Å²) >= 11 is 3.29. The van der Waals surface area contributed by atoms with Gasteiger partial charge in [0.1, 0.15) is 5.75 Å². The Kier molecular flexibility index (Phi) is 6.74. The molecule has 8 heteroatoms.